The van der Waals surface area contributed by atoms with Gasteiger partial charge in [-0.15, -0.1) is 11.3 Å². The number of aryl methyl sites for hydroxylation is 2. The van der Waals surface area contributed by atoms with Gasteiger partial charge >= 0.3 is 5.97 Å². The minimum absolute atomic E-state index is 0.166. The maximum atomic E-state index is 12.7. The Bertz CT molecular complexity index is 1060. The Morgan fingerprint density at radius 2 is 1.83 bits per heavy atom. The van der Waals surface area contributed by atoms with E-state index in [1.54, 1.807) is 13.0 Å². The van der Waals surface area contributed by atoms with Crippen LogP contribution in [0.5, 0.6) is 5.75 Å². The molecule has 0 aliphatic heterocycles. The molecule has 3 rings (SSSR count). The Hall–Kier alpha value is -2.64. The van der Waals surface area contributed by atoms with Crippen molar-refractivity contribution in [2.45, 2.75) is 20.8 Å². The van der Waals surface area contributed by atoms with Crippen molar-refractivity contribution in [2.75, 3.05) is 18.5 Å². The zero-order valence-corrected chi connectivity index (χ0v) is 19.4. The van der Waals surface area contributed by atoms with Crippen LogP contribution in [0.3, 0.4) is 0 Å². The fourth-order valence-corrected chi connectivity index (χ4v) is 4.33. The number of carbonyl (C=O) groups is 2. The van der Waals surface area contributed by atoms with E-state index in [2.05, 4.69) is 21.2 Å². The molecule has 0 aliphatic carbocycles. The van der Waals surface area contributed by atoms with E-state index >= 15 is 0 Å². The molecular weight excluding hydrogens is 466 g/mol. The molecule has 0 radical (unpaired) electrons. The first-order valence-electron chi connectivity index (χ1n) is 9.45. The molecule has 30 heavy (non-hydrogen) atoms. The number of amides is 1. The molecule has 0 aliphatic rings. The molecule has 7 heteroatoms. The summed E-state index contributed by atoms with van der Waals surface area (Å²) in [7, 11) is 0. The molecule has 0 atom stereocenters. The summed E-state index contributed by atoms with van der Waals surface area (Å²) in [5.41, 5.74) is 3.06. The summed E-state index contributed by atoms with van der Waals surface area (Å²) in [6.07, 6.45) is 0. The van der Waals surface area contributed by atoms with Crippen molar-refractivity contribution in [1.29, 1.82) is 0 Å². The quantitative estimate of drug-likeness (QED) is 0.415. The minimum atomic E-state index is -0.458. The number of anilines is 1. The Morgan fingerprint density at radius 3 is 2.50 bits per heavy atom. The van der Waals surface area contributed by atoms with E-state index in [0.29, 0.717) is 16.3 Å². The predicted molar refractivity (Wildman–Crippen MR) is 123 cm³/mol. The van der Waals surface area contributed by atoms with Crippen LogP contribution in [0, 0.1) is 13.8 Å². The van der Waals surface area contributed by atoms with Crippen LogP contribution in [-0.4, -0.2) is 25.1 Å². The van der Waals surface area contributed by atoms with Crippen molar-refractivity contribution < 1.29 is 19.1 Å². The molecule has 0 unspecified atom stereocenters. The van der Waals surface area contributed by atoms with Crippen LogP contribution < -0.4 is 10.1 Å². The third-order valence-corrected chi connectivity index (χ3v) is 6.29. The number of thiophene rings is 1. The molecule has 0 saturated heterocycles. The lowest BCUT2D eigenvalue weighted by molar-refractivity contribution is -0.118. The van der Waals surface area contributed by atoms with Gasteiger partial charge in [0, 0.05) is 14.9 Å². The second-order valence-electron chi connectivity index (χ2n) is 6.57. The lowest BCUT2D eigenvalue weighted by Gasteiger charge is -2.10. The average Bonchev–Trinajstić information content (AvgIpc) is 3.05. The summed E-state index contributed by atoms with van der Waals surface area (Å²) in [6.45, 7) is 5.71. The van der Waals surface area contributed by atoms with Crippen LogP contribution >= 0.6 is 27.3 Å². The SMILES string of the molecule is CCOC(=O)c1c(NC(=O)COc2ccc(Br)c(C)c2)sc(C)c1-c1ccccc1. The third kappa shape index (κ3) is 5.09. The largest absolute Gasteiger partial charge is 0.484 e. The van der Waals surface area contributed by atoms with Gasteiger partial charge in [-0.05, 0) is 50.1 Å². The van der Waals surface area contributed by atoms with Crippen LogP contribution in [0.25, 0.3) is 11.1 Å². The predicted octanol–water partition coefficient (Wildman–Crippen LogP) is 5.99. The highest BCUT2D eigenvalue weighted by Crippen LogP contribution is 2.40. The Kier molecular flexibility index (Phi) is 7.29. The summed E-state index contributed by atoms with van der Waals surface area (Å²) >= 11 is 4.79. The van der Waals surface area contributed by atoms with E-state index in [1.807, 2.05) is 56.3 Å². The first-order chi connectivity index (χ1) is 14.4. The number of benzene rings is 2. The maximum absolute atomic E-state index is 12.7. The summed E-state index contributed by atoms with van der Waals surface area (Å²) in [5, 5.41) is 3.28. The van der Waals surface area contributed by atoms with Gasteiger partial charge in [0.1, 0.15) is 16.3 Å². The van der Waals surface area contributed by atoms with E-state index in [4.69, 9.17) is 9.47 Å². The van der Waals surface area contributed by atoms with E-state index < -0.39 is 5.97 Å². The second-order valence-corrected chi connectivity index (χ2v) is 8.65. The Labute approximate surface area is 188 Å². The number of nitrogens with one attached hydrogen (secondary N) is 1. The average molecular weight is 488 g/mol. The molecule has 1 N–H and O–H groups in total. The van der Waals surface area contributed by atoms with Crippen molar-refractivity contribution >= 4 is 44.1 Å². The van der Waals surface area contributed by atoms with Crippen molar-refractivity contribution in [3.8, 4) is 16.9 Å². The lowest BCUT2D eigenvalue weighted by atomic mass is 10.0. The number of rotatable bonds is 7. The van der Waals surface area contributed by atoms with E-state index in [0.717, 1.165) is 26.0 Å². The summed E-state index contributed by atoms with van der Waals surface area (Å²) in [4.78, 5) is 26.2. The molecule has 0 spiro atoms. The maximum Gasteiger partial charge on any atom is 0.341 e. The number of ether oxygens (including phenoxy) is 2. The summed E-state index contributed by atoms with van der Waals surface area (Å²) < 4.78 is 11.8. The van der Waals surface area contributed by atoms with E-state index in [-0.39, 0.29) is 19.1 Å². The number of esters is 1. The highest BCUT2D eigenvalue weighted by Gasteiger charge is 2.25. The van der Waals surface area contributed by atoms with Crippen LogP contribution in [-0.2, 0) is 9.53 Å². The van der Waals surface area contributed by atoms with Gasteiger partial charge in [-0.25, -0.2) is 4.79 Å². The highest BCUT2D eigenvalue weighted by atomic mass is 79.9. The van der Waals surface area contributed by atoms with Crippen molar-refractivity contribution in [1.82, 2.24) is 0 Å². The molecule has 2 aromatic carbocycles. The first kappa shape index (κ1) is 22.1. The van der Waals surface area contributed by atoms with Gasteiger partial charge in [0.2, 0.25) is 0 Å². The van der Waals surface area contributed by atoms with Crippen molar-refractivity contribution in [3.63, 3.8) is 0 Å². The first-order valence-corrected chi connectivity index (χ1v) is 11.1. The van der Waals surface area contributed by atoms with Gasteiger partial charge in [-0.2, -0.15) is 0 Å². The summed E-state index contributed by atoms with van der Waals surface area (Å²) in [5.74, 6) is -0.203. The topological polar surface area (TPSA) is 64.6 Å². The minimum Gasteiger partial charge on any atom is -0.484 e. The van der Waals surface area contributed by atoms with Gasteiger partial charge in [-0.1, -0.05) is 46.3 Å². The highest BCUT2D eigenvalue weighted by molar-refractivity contribution is 9.10. The van der Waals surface area contributed by atoms with Crippen LogP contribution in [0.2, 0.25) is 0 Å². The monoisotopic (exact) mass is 487 g/mol. The standard InChI is InChI=1S/C23H22BrNO4S/c1-4-28-23(27)21-20(16-8-6-5-7-9-16)15(3)30-22(21)25-19(26)13-29-17-10-11-18(24)14(2)12-17/h5-12H,4,13H2,1-3H3,(H,25,26). The molecule has 1 aromatic heterocycles. The van der Waals surface area contributed by atoms with Gasteiger partial charge in [0.15, 0.2) is 6.61 Å². The van der Waals surface area contributed by atoms with E-state index in [9.17, 15) is 9.59 Å². The smallest absolute Gasteiger partial charge is 0.341 e. The van der Waals surface area contributed by atoms with Crippen LogP contribution in [0.4, 0.5) is 5.00 Å². The van der Waals surface area contributed by atoms with Gasteiger partial charge < -0.3 is 14.8 Å². The molecule has 0 saturated carbocycles. The van der Waals surface area contributed by atoms with Crippen LogP contribution in [0.15, 0.2) is 53.0 Å². The Morgan fingerprint density at radius 1 is 1.10 bits per heavy atom. The molecular formula is C23H22BrNO4S. The second kappa shape index (κ2) is 9.91. The zero-order chi connectivity index (χ0) is 21.7. The van der Waals surface area contributed by atoms with Crippen LogP contribution in [0.1, 0.15) is 27.7 Å². The summed E-state index contributed by atoms with van der Waals surface area (Å²) in [6, 6.07) is 15.1. The normalized spacial score (nSPS) is 10.5. The number of hydrogen-bond acceptors (Lipinski definition) is 5. The van der Waals surface area contributed by atoms with Crippen molar-refractivity contribution in [2.24, 2.45) is 0 Å². The molecule has 5 nitrogen and oxygen atoms in total. The molecule has 0 fully saturated rings. The fourth-order valence-electron chi connectivity index (χ4n) is 3.00. The fraction of sp³-hybridized carbons (Fsp3) is 0.217. The molecule has 1 heterocycles. The number of carbonyl (C=O) groups excluding carboxylic acids is 2. The van der Waals surface area contributed by atoms with Gasteiger partial charge in [0.05, 0.1) is 6.61 Å². The molecule has 1 amide bonds. The molecule has 3 aromatic rings. The van der Waals surface area contributed by atoms with Gasteiger partial charge in [-0.3, -0.25) is 4.79 Å². The van der Waals surface area contributed by atoms with E-state index in [1.165, 1.54) is 11.3 Å². The number of halogens is 1. The molecule has 156 valence electrons. The Balaban J connectivity index is 1.83. The van der Waals surface area contributed by atoms with Crippen molar-refractivity contribution in [3.05, 3.63) is 69.0 Å². The lowest BCUT2D eigenvalue weighted by Crippen LogP contribution is -2.21. The number of hydrogen-bond donors (Lipinski definition) is 1. The molecule has 0 bridgehead atoms. The van der Waals surface area contributed by atoms with Gasteiger partial charge in [0.25, 0.3) is 5.91 Å². The third-order valence-electron chi connectivity index (χ3n) is 4.38. The zero-order valence-electron chi connectivity index (χ0n) is 17.0.